The highest BCUT2D eigenvalue weighted by molar-refractivity contribution is 7.17. The lowest BCUT2D eigenvalue weighted by atomic mass is 10.1. The Bertz CT molecular complexity index is 506. The topological polar surface area (TPSA) is 105 Å². The van der Waals surface area contributed by atoms with Gasteiger partial charge in [-0.3, -0.25) is 14.1 Å². The molecule has 0 radical (unpaired) electrons. The zero-order valence-corrected chi connectivity index (χ0v) is 23.2. The molecule has 206 valence electrons. The van der Waals surface area contributed by atoms with E-state index in [0.29, 0.717) is 12.8 Å². The molecular weight excluding hydrogens is 465 g/mol. The molecule has 0 aromatic rings. The van der Waals surface area contributed by atoms with E-state index in [-0.39, 0.29) is 25.2 Å². The van der Waals surface area contributed by atoms with E-state index in [1.807, 2.05) is 0 Å². The van der Waals surface area contributed by atoms with Gasteiger partial charge in [-0.1, -0.05) is 103 Å². The molecule has 0 unspecified atom stereocenters. The summed E-state index contributed by atoms with van der Waals surface area (Å²) in [6, 6.07) is 0. The predicted molar refractivity (Wildman–Crippen MR) is 141 cm³/mol. The van der Waals surface area contributed by atoms with Crippen molar-refractivity contribution in [1.29, 1.82) is 0 Å². The lowest BCUT2D eigenvalue weighted by Gasteiger charge is -2.16. The molecule has 0 aliphatic rings. The van der Waals surface area contributed by atoms with Crippen molar-refractivity contribution in [2.45, 2.75) is 141 Å². The van der Waals surface area contributed by atoms with Crippen LogP contribution in [0.4, 0.5) is 0 Å². The van der Waals surface area contributed by atoms with Crippen molar-refractivity contribution in [2.24, 2.45) is 5.73 Å². The lowest BCUT2D eigenvalue weighted by molar-refractivity contribution is -0.160. The first-order chi connectivity index (χ1) is 17.1. The molecule has 0 spiro atoms. The molecule has 0 fully saturated rings. The Morgan fingerprint density at radius 2 is 1.11 bits per heavy atom. The minimum Gasteiger partial charge on any atom is -0.462 e. The molecule has 0 rings (SSSR count). The molecule has 35 heavy (non-hydrogen) atoms. The van der Waals surface area contributed by atoms with Crippen LogP contribution in [0.5, 0.6) is 0 Å². The van der Waals surface area contributed by atoms with Crippen LogP contribution in [0.3, 0.4) is 0 Å². The summed E-state index contributed by atoms with van der Waals surface area (Å²) in [4.78, 5) is 24.2. The standard InChI is InChI=1S/C27H52NO6P/c1-2-3-4-5-6-8-12-15-18-21-27(30)34-25(24-33-35-31)23-32-26(29)20-17-14-11-9-7-10-13-16-19-22-28/h25H,2-24,28H2,1H3/t25-/m1/s1. The molecule has 0 aliphatic heterocycles. The van der Waals surface area contributed by atoms with Crippen LogP contribution < -0.4 is 5.73 Å². The fourth-order valence-corrected chi connectivity index (χ4v) is 4.19. The molecule has 8 heteroatoms. The van der Waals surface area contributed by atoms with Crippen molar-refractivity contribution in [3.63, 3.8) is 0 Å². The highest BCUT2D eigenvalue weighted by Gasteiger charge is 2.17. The summed E-state index contributed by atoms with van der Waals surface area (Å²) >= 11 is 0. The maximum absolute atomic E-state index is 12.1. The maximum Gasteiger partial charge on any atom is 0.327 e. The minimum absolute atomic E-state index is 0.0624. The number of ether oxygens (including phenoxy) is 2. The number of hydrogen-bond donors (Lipinski definition) is 1. The Balaban J connectivity index is 3.83. The van der Waals surface area contributed by atoms with Gasteiger partial charge in [0.15, 0.2) is 6.10 Å². The molecule has 0 heterocycles. The van der Waals surface area contributed by atoms with Gasteiger partial charge in [0, 0.05) is 12.8 Å². The summed E-state index contributed by atoms with van der Waals surface area (Å²) in [5, 5.41) is 0. The number of rotatable bonds is 27. The molecular formula is C27H52NO6P. The van der Waals surface area contributed by atoms with Crippen LogP contribution in [0.1, 0.15) is 135 Å². The third-order valence-electron chi connectivity index (χ3n) is 6.11. The average Bonchev–Trinajstić information content (AvgIpc) is 2.85. The predicted octanol–water partition coefficient (Wildman–Crippen LogP) is 7.45. The highest BCUT2D eigenvalue weighted by atomic mass is 31.1. The third-order valence-corrected chi connectivity index (χ3v) is 6.37. The second kappa shape index (κ2) is 27.5. The van der Waals surface area contributed by atoms with Gasteiger partial charge in [-0.2, -0.15) is 0 Å². The number of unbranched alkanes of at least 4 members (excludes halogenated alkanes) is 16. The van der Waals surface area contributed by atoms with Gasteiger partial charge in [0.1, 0.15) is 13.2 Å². The van der Waals surface area contributed by atoms with Gasteiger partial charge in [-0.15, -0.1) is 0 Å². The van der Waals surface area contributed by atoms with Crippen molar-refractivity contribution in [3.05, 3.63) is 0 Å². The largest absolute Gasteiger partial charge is 0.462 e. The fraction of sp³-hybridized carbons (Fsp3) is 0.926. The van der Waals surface area contributed by atoms with Gasteiger partial charge in [0.2, 0.25) is 0 Å². The van der Waals surface area contributed by atoms with E-state index in [4.69, 9.17) is 19.7 Å². The molecule has 0 aromatic carbocycles. The summed E-state index contributed by atoms with van der Waals surface area (Å²) in [6.45, 7) is 2.87. The summed E-state index contributed by atoms with van der Waals surface area (Å²) in [7, 11) is -0.488. The number of esters is 2. The third kappa shape index (κ3) is 25.8. The quantitative estimate of drug-likeness (QED) is 0.0685. The van der Waals surface area contributed by atoms with Gasteiger partial charge in [-0.25, -0.2) is 4.57 Å². The van der Waals surface area contributed by atoms with Gasteiger partial charge >= 0.3 is 20.6 Å². The maximum atomic E-state index is 12.1. The molecule has 7 nitrogen and oxygen atoms in total. The van der Waals surface area contributed by atoms with Crippen molar-refractivity contribution in [2.75, 3.05) is 19.8 Å². The van der Waals surface area contributed by atoms with E-state index in [9.17, 15) is 14.2 Å². The fourth-order valence-electron chi connectivity index (χ4n) is 3.96. The van der Waals surface area contributed by atoms with Crippen LogP contribution in [-0.4, -0.2) is 37.8 Å². The molecule has 0 amide bonds. The first kappa shape index (κ1) is 34.0. The van der Waals surface area contributed by atoms with Crippen LogP contribution in [0.2, 0.25) is 0 Å². The molecule has 2 N–H and O–H groups in total. The summed E-state index contributed by atoms with van der Waals surface area (Å²) in [5.74, 6) is -0.630. The lowest BCUT2D eigenvalue weighted by Crippen LogP contribution is -2.28. The van der Waals surface area contributed by atoms with Crippen molar-refractivity contribution < 1.29 is 28.2 Å². The minimum atomic E-state index is -0.731. The van der Waals surface area contributed by atoms with Gasteiger partial charge in [0.25, 0.3) is 0 Å². The number of hydrogen-bond acceptors (Lipinski definition) is 7. The van der Waals surface area contributed by atoms with Crippen LogP contribution in [0, 0.1) is 0 Å². The highest BCUT2D eigenvalue weighted by Crippen LogP contribution is 2.13. The molecule has 1 atom stereocenters. The molecule has 0 aliphatic carbocycles. The van der Waals surface area contributed by atoms with Crippen LogP contribution in [0.25, 0.3) is 0 Å². The second-order valence-electron chi connectivity index (χ2n) is 9.46. The Kier molecular flexibility index (Phi) is 26.7. The Morgan fingerprint density at radius 3 is 1.60 bits per heavy atom. The molecule has 0 aromatic heterocycles. The van der Waals surface area contributed by atoms with Crippen molar-refractivity contribution in [1.82, 2.24) is 0 Å². The normalized spacial score (nSPS) is 12.1. The zero-order chi connectivity index (χ0) is 25.8. The number of carbonyl (C=O) groups is 2. The van der Waals surface area contributed by atoms with Gasteiger partial charge in [-0.05, 0) is 25.8 Å². The van der Waals surface area contributed by atoms with Crippen LogP contribution >= 0.6 is 8.69 Å². The van der Waals surface area contributed by atoms with Crippen LogP contribution in [-0.2, 0) is 28.2 Å². The van der Waals surface area contributed by atoms with E-state index < -0.39 is 14.8 Å². The van der Waals surface area contributed by atoms with E-state index >= 15 is 0 Å². The molecule has 0 saturated heterocycles. The van der Waals surface area contributed by atoms with Crippen LogP contribution in [0.15, 0.2) is 0 Å². The molecule has 0 saturated carbocycles. The van der Waals surface area contributed by atoms with Crippen molar-refractivity contribution >= 4 is 20.6 Å². The smallest absolute Gasteiger partial charge is 0.327 e. The van der Waals surface area contributed by atoms with E-state index in [1.165, 1.54) is 70.6 Å². The number of carbonyl (C=O) groups excluding carboxylic acids is 2. The number of nitrogens with two attached hydrogens (primary N) is 1. The summed E-state index contributed by atoms with van der Waals surface area (Å²) in [5.41, 5.74) is 5.49. The first-order valence-corrected chi connectivity index (χ1v) is 14.9. The van der Waals surface area contributed by atoms with E-state index in [0.717, 1.165) is 51.5 Å². The summed E-state index contributed by atoms with van der Waals surface area (Å²) in [6.07, 6.45) is 20.8. The zero-order valence-electron chi connectivity index (χ0n) is 22.3. The second-order valence-corrected chi connectivity index (χ2v) is 9.87. The Hall–Kier alpha value is -1.04. The monoisotopic (exact) mass is 517 g/mol. The van der Waals surface area contributed by atoms with E-state index in [1.54, 1.807) is 0 Å². The summed E-state index contributed by atoms with van der Waals surface area (Å²) < 4.78 is 26.1. The van der Waals surface area contributed by atoms with Crippen molar-refractivity contribution in [3.8, 4) is 0 Å². The average molecular weight is 518 g/mol. The first-order valence-electron chi connectivity index (χ1n) is 14.1. The van der Waals surface area contributed by atoms with Gasteiger partial charge < -0.3 is 15.2 Å². The SMILES string of the molecule is CCCCCCCCCCCC(=O)O[C@@H](COP=O)COC(=O)CCCCCCCCCCCN. The van der Waals surface area contributed by atoms with E-state index in [2.05, 4.69) is 6.92 Å². The Labute approximate surface area is 215 Å². The van der Waals surface area contributed by atoms with Gasteiger partial charge in [0.05, 0.1) is 0 Å². The Morgan fingerprint density at radius 1 is 0.657 bits per heavy atom. The molecule has 0 bridgehead atoms.